The molecule has 0 spiro atoms. The summed E-state index contributed by atoms with van der Waals surface area (Å²) in [4.78, 5) is 20.9. The number of hydrogen-bond acceptors (Lipinski definition) is 4. The van der Waals surface area contributed by atoms with E-state index in [2.05, 4.69) is 0 Å². The van der Waals surface area contributed by atoms with Gasteiger partial charge in [-0.05, 0) is 12.5 Å². The quantitative estimate of drug-likeness (QED) is 0.435. The number of non-ortho nitro benzene ring substituents is 1. The molecule has 6 nitrogen and oxygen atoms in total. The number of benzene rings is 1. The van der Waals surface area contributed by atoms with Gasteiger partial charge in [0.05, 0.1) is 18.0 Å². The Balaban J connectivity index is 0.00000225. The van der Waals surface area contributed by atoms with E-state index in [1.807, 2.05) is 0 Å². The van der Waals surface area contributed by atoms with Gasteiger partial charge in [-0.1, -0.05) is 12.1 Å². The fourth-order valence-electron chi connectivity index (χ4n) is 1.11. The van der Waals surface area contributed by atoms with Crippen molar-refractivity contribution in [3.8, 4) is 0 Å². The summed E-state index contributed by atoms with van der Waals surface area (Å²) in [5.41, 5.74) is 0.724. The van der Waals surface area contributed by atoms with Crippen LogP contribution in [0.1, 0.15) is 12.5 Å². The molecule has 0 amide bonds. The number of nitro groups is 1. The second-order valence-corrected chi connectivity index (χ2v) is 2.91. The van der Waals surface area contributed by atoms with E-state index in [9.17, 15) is 14.9 Å². The van der Waals surface area contributed by atoms with E-state index in [0.29, 0.717) is 12.2 Å². The zero-order valence-electron chi connectivity index (χ0n) is 8.75. The van der Waals surface area contributed by atoms with Crippen LogP contribution < -0.4 is 6.15 Å². The Hall–Kier alpha value is -1.95. The fourth-order valence-corrected chi connectivity index (χ4v) is 1.11. The van der Waals surface area contributed by atoms with Crippen LogP contribution >= 0.6 is 0 Å². The predicted molar refractivity (Wildman–Crippen MR) is 55.6 cm³/mol. The molecule has 6 heteroatoms. The van der Waals surface area contributed by atoms with E-state index in [0.717, 1.165) is 0 Å². The molecule has 0 aliphatic carbocycles. The monoisotopic (exact) mass is 223 g/mol. The van der Waals surface area contributed by atoms with Crippen molar-refractivity contribution in [2.24, 2.45) is 0 Å². The highest BCUT2D eigenvalue weighted by Crippen LogP contribution is 2.12. The molecule has 0 saturated carbocycles. The van der Waals surface area contributed by atoms with Crippen molar-refractivity contribution < 1.29 is 14.5 Å². The summed E-state index contributed by atoms with van der Waals surface area (Å²) >= 11 is 0. The first kappa shape index (κ1) is 14.1. The van der Waals surface area contributed by atoms with Crippen molar-refractivity contribution in [1.29, 1.82) is 0 Å². The van der Waals surface area contributed by atoms with Crippen molar-refractivity contribution in [3.63, 3.8) is 0 Å². The van der Waals surface area contributed by atoms with Crippen LogP contribution in [0.5, 0.6) is 0 Å². The van der Waals surface area contributed by atoms with Gasteiger partial charge in [0, 0.05) is 18.3 Å². The summed E-state index contributed by atoms with van der Waals surface area (Å²) in [6.07, 6.45) is 0.145. The summed E-state index contributed by atoms with van der Waals surface area (Å²) in [6.45, 7) is 2.07. The first-order chi connectivity index (χ1) is 7.13. The Kier molecular flexibility index (Phi) is 5.72. The van der Waals surface area contributed by atoms with Gasteiger partial charge < -0.3 is 4.74 Å². The van der Waals surface area contributed by atoms with E-state index >= 15 is 0 Å². The minimum absolute atomic E-state index is 0. The largest absolute Gasteiger partial charge is 0.466 e. The molecule has 0 atom stereocenters. The molecule has 0 saturated heterocycles. The Labute approximate surface area is 93.0 Å². The molecule has 1 aromatic carbocycles. The van der Waals surface area contributed by atoms with Gasteiger partial charge in [0.2, 0.25) is 0 Å². The fraction of sp³-hybridized carbons (Fsp3) is 0.300. The third-order valence-corrected chi connectivity index (χ3v) is 1.80. The summed E-state index contributed by atoms with van der Waals surface area (Å²) in [7, 11) is 0. The van der Waals surface area contributed by atoms with Crippen molar-refractivity contribution in [2.75, 3.05) is 6.61 Å². The van der Waals surface area contributed by atoms with Crippen LogP contribution in [0.3, 0.4) is 0 Å². The van der Waals surface area contributed by atoms with Gasteiger partial charge in [0.25, 0.3) is 5.69 Å². The molecule has 0 unspecified atom stereocenters. The smallest absolute Gasteiger partial charge is 0.310 e. The molecule has 85 valence electrons. The molecular weight excluding hydrogens is 212 g/mol. The van der Waals surface area contributed by atoms with E-state index in [1.54, 1.807) is 19.1 Å². The van der Waals surface area contributed by atoms with Crippen LogP contribution in [-0.2, 0) is 16.0 Å². The first-order valence-corrected chi connectivity index (χ1v) is 4.52. The van der Waals surface area contributed by atoms with Crippen LogP contribution in [0.2, 0.25) is 0 Å². The Morgan fingerprint density at radius 3 is 2.38 bits per heavy atom. The molecule has 0 heterocycles. The molecule has 3 radical (unpaired) electrons. The maximum atomic E-state index is 11.1. The van der Waals surface area contributed by atoms with Gasteiger partial charge in [0.15, 0.2) is 0 Å². The third-order valence-electron chi connectivity index (χ3n) is 1.80. The molecule has 1 aromatic rings. The molecule has 0 aromatic heterocycles. The van der Waals surface area contributed by atoms with E-state index in [4.69, 9.17) is 4.74 Å². The van der Waals surface area contributed by atoms with Gasteiger partial charge in [-0.25, -0.2) is 0 Å². The lowest BCUT2D eigenvalue weighted by Crippen LogP contribution is -2.07. The molecule has 0 bridgehead atoms. The lowest BCUT2D eigenvalue weighted by molar-refractivity contribution is -0.384. The topological polar surface area (TPSA) is 99.9 Å². The van der Waals surface area contributed by atoms with Crippen LogP contribution in [0.25, 0.3) is 0 Å². The number of rotatable bonds is 4. The van der Waals surface area contributed by atoms with Crippen LogP contribution in [-0.4, -0.2) is 17.5 Å². The minimum Gasteiger partial charge on any atom is -0.466 e. The second kappa shape index (κ2) is 6.52. The lowest BCUT2D eigenvalue weighted by atomic mass is 10.1. The highest BCUT2D eigenvalue weighted by atomic mass is 16.6. The Bertz CT molecular complexity index is 362. The number of esters is 1. The highest BCUT2D eigenvalue weighted by molar-refractivity contribution is 5.72. The van der Waals surface area contributed by atoms with E-state index in [1.165, 1.54) is 12.1 Å². The van der Waals surface area contributed by atoms with E-state index < -0.39 is 4.92 Å². The molecule has 1 rings (SSSR count). The molecular formula is C10H11N2O4. The normalized spacial score (nSPS) is 9.06. The average molecular weight is 223 g/mol. The van der Waals surface area contributed by atoms with Crippen LogP contribution in [0, 0.1) is 10.1 Å². The van der Waals surface area contributed by atoms with Crippen molar-refractivity contribution in [2.45, 2.75) is 13.3 Å². The van der Waals surface area contributed by atoms with Gasteiger partial charge in [-0.15, -0.1) is 0 Å². The van der Waals surface area contributed by atoms with Gasteiger partial charge >= 0.3 is 5.97 Å². The number of nitro benzene ring substituents is 1. The SMILES string of the molecule is CCOC(=O)Cc1ccc([N+](=O)[O-])cc1.[N]. The minimum atomic E-state index is -0.478. The number of hydrogen-bond donors (Lipinski definition) is 0. The van der Waals surface area contributed by atoms with E-state index in [-0.39, 0.29) is 24.2 Å². The summed E-state index contributed by atoms with van der Waals surface area (Å²) < 4.78 is 4.75. The van der Waals surface area contributed by atoms with Crippen LogP contribution in [0.15, 0.2) is 24.3 Å². The summed E-state index contributed by atoms with van der Waals surface area (Å²) in [5.74, 6) is -0.327. The second-order valence-electron chi connectivity index (χ2n) is 2.91. The number of carbonyl (C=O) groups is 1. The van der Waals surface area contributed by atoms with Gasteiger partial charge in [0.1, 0.15) is 0 Å². The third kappa shape index (κ3) is 4.05. The maximum Gasteiger partial charge on any atom is 0.310 e. The number of ether oxygens (including phenoxy) is 1. The maximum absolute atomic E-state index is 11.1. The zero-order chi connectivity index (χ0) is 11.3. The summed E-state index contributed by atoms with van der Waals surface area (Å²) in [6, 6.07) is 5.84. The standard InChI is InChI=1S/C10H11NO4.N/c1-2-15-10(12)7-8-3-5-9(6-4-8)11(13)14;/h3-6H,2,7H2,1H3;. The molecule has 0 aliphatic rings. The highest BCUT2D eigenvalue weighted by Gasteiger charge is 2.07. The van der Waals surface area contributed by atoms with Crippen molar-refractivity contribution in [1.82, 2.24) is 6.15 Å². The van der Waals surface area contributed by atoms with Gasteiger partial charge in [-0.3, -0.25) is 14.9 Å². The van der Waals surface area contributed by atoms with Crippen molar-refractivity contribution >= 4 is 11.7 Å². The molecule has 0 fully saturated rings. The van der Waals surface area contributed by atoms with Crippen molar-refractivity contribution in [3.05, 3.63) is 39.9 Å². The Morgan fingerprint density at radius 1 is 1.38 bits per heavy atom. The Morgan fingerprint density at radius 2 is 1.94 bits per heavy atom. The molecule has 0 aliphatic heterocycles. The number of carbonyl (C=O) groups excluding carboxylic acids is 1. The average Bonchev–Trinajstić information content (AvgIpc) is 2.18. The van der Waals surface area contributed by atoms with Crippen LogP contribution in [0.4, 0.5) is 5.69 Å². The lowest BCUT2D eigenvalue weighted by Gasteiger charge is -2.01. The zero-order valence-corrected chi connectivity index (χ0v) is 8.75. The van der Waals surface area contributed by atoms with Gasteiger partial charge in [-0.2, -0.15) is 0 Å². The molecule has 0 N–H and O–H groups in total. The first-order valence-electron chi connectivity index (χ1n) is 4.52. The number of nitrogens with zero attached hydrogens (tertiary/aromatic N) is 2. The summed E-state index contributed by atoms with van der Waals surface area (Å²) in [5, 5.41) is 10.4. The predicted octanol–water partition coefficient (Wildman–Crippen LogP) is 1.22. The molecule has 16 heavy (non-hydrogen) atoms.